The van der Waals surface area contributed by atoms with Crippen molar-refractivity contribution in [2.75, 3.05) is 0 Å². The van der Waals surface area contributed by atoms with Gasteiger partial charge < -0.3 is 4.74 Å². The summed E-state index contributed by atoms with van der Waals surface area (Å²) in [5.74, 6) is -8.33. The summed E-state index contributed by atoms with van der Waals surface area (Å²) in [4.78, 5) is 12.1. The van der Waals surface area contributed by atoms with Crippen LogP contribution < -0.4 is 0 Å². The van der Waals surface area contributed by atoms with Crippen LogP contribution in [-0.2, 0) is 22.6 Å². The van der Waals surface area contributed by atoms with E-state index in [0.717, 1.165) is 6.08 Å². The van der Waals surface area contributed by atoms with Crippen LogP contribution in [0.3, 0.4) is 0 Å². The first-order valence-corrected chi connectivity index (χ1v) is 7.79. The lowest BCUT2D eigenvalue weighted by atomic mass is 10.1. The number of halogens is 5. The minimum atomic E-state index is -1.70. The molecule has 27 heavy (non-hydrogen) atoms. The van der Waals surface area contributed by atoms with Gasteiger partial charge in [0.25, 0.3) is 0 Å². The highest BCUT2D eigenvalue weighted by Crippen LogP contribution is 2.60. The molecule has 0 N–H and O–H groups in total. The van der Waals surface area contributed by atoms with Crippen LogP contribution in [0.25, 0.3) is 0 Å². The second-order valence-electron chi connectivity index (χ2n) is 6.65. The highest BCUT2D eigenvalue weighted by atomic mass is 19.2. The molecule has 2 atom stereocenters. The van der Waals surface area contributed by atoms with Gasteiger partial charge in [0, 0.05) is 17.9 Å². The van der Waals surface area contributed by atoms with E-state index >= 15 is 0 Å². The first-order chi connectivity index (χ1) is 12.6. The molecule has 1 aliphatic rings. The molecule has 0 saturated heterocycles. The Balaban J connectivity index is 2.20. The Bertz CT molecular complexity index is 879. The lowest BCUT2D eigenvalue weighted by Crippen LogP contribution is -2.14. The quantitative estimate of drug-likeness (QED) is 0.253. The van der Waals surface area contributed by atoms with Gasteiger partial charge in [0.05, 0.1) is 11.5 Å². The van der Waals surface area contributed by atoms with Crippen molar-refractivity contribution in [2.45, 2.75) is 26.9 Å². The Morgan fingerprint density at radius 3 is 2.19 bits per heavy atom. The van der Waals surface area contributed by atoms with Crippen molar-refractivity contribution in [3.8, 4) is 18.4 Å². The number of hydrogen-bond donors (Lipinski definition) is 0. The molecule has 1 fully saturated rings. The number of rotatable bonds is 5. The zero-order valence-corrected chi connectivity index (χ0v) is 14.4. The number of allylic oxidation sites excluding steroid dienone is 2. The number of nitrogens with zero attached hydrogens (tertiary/aromatic N) is 1. The van der Waals surface area contributed by atoms with Crippen LogP contribution in [0.2, 0.25) is 0 Å². The molecule has 0 spiro atoms. The van der Waals surface area contributed by atoms with Gasteiger partial charge in [-0.2, -0.15) is 9.65 Å². The number of esters is 1. The smallest absolute Gasteiger partial charge is 0.310 e. The largest absolute Gasteiger partial charge is 0.460 e. The lowest BCUT2D eigenvalue weighted by Gasteiger charge is -2.11. The number of ether oxygens (including phenoxy) is 1. The molecule has 142 valence electrons. The van der Waals surface area contributed by atoms with Gasteiger partial charge in [-0.15, -0.1) is 12.3 Å². The fourth-order valence-electron chi connectivity index (χ4n) is 2.97. The van der Waals surface area contributed by atoms with Gasteiger partial charge in [-0.05, 0) is 11.5 Å². The number of nitriles is 1. The highest BCUT2D eigenvalue weighted by Gasteiger charge is 2.61. The van der Waals surface area contributed by atoms with E-state index in [1.165, 1.54) is 6.07 Å². The Kier molecular flexibility index (Phi) is 5.60. The van der Waals surface area contributed by atoms with Crippen LogP contribution in [0.15, 0.2) is 11.9 Å². The normalized spacial score (nSPS) is 20.6. The summed E-state index contributed by atoms with van der Waals surface area (Å²) in [6, 6.07) is 1.28. The molecule has 0 aromatic heterocycles. The fourth-order valence-corrected chi connectivity index (χ4v) is 2.97. The van der Waals surface area contributed by atoms with Crippen molar-refractivity contribution in [1.29, 1.82) is 5.26 Å². The third kappa shape index (κ3) is 3.66. The SMILES string of the molecule is C#CCc1c(F)c(F)c(COC(=O)[C@@H]2[C@H](/C=C(/F)C#N)C2(C)C)c(F)c1F. The highest BCUT2D eigenvalue weighted by molar-refractivity contribution is 5.78. The fraction of sp³-hybridized carbons (Fsp3) is 0.368. The maximum absolute atomic E-state index is 14.0. The number of hydrogen-bond acceptors (Lipinski definition) is 3. The molecule has 2 rings (SSSR count). The predicted octanol–water partition coefficient (Wildman–Crippen LogP) is 4.11. The molecule has 8 heteroatoms. The van der Waals surface area contributed by atoms with Crippen molar-refractivity contribution in [1.82, 2.24) is 0 Å². The van der Waals surface area contributed by atoms with E-state index in [1.54, 1.807) is 13.8 Å². The van der Waals surface area contributed by atoms with E-state index in [4.69, 9.17) is 16.4 Å². The van der Waals surface area contributed by atoms with Crippen LogP contribution in [0.4, 0.5) is 22.0 Å². The Labute approximate surface area is 152 Å². The molecule has 0 aliphatic heterocycles. The van der Waals surface area contributed by atoms with Crippen LogP contribution >= 0.6 is 0 Å². The van der Waals surface area contributed by atoms with Crippen molar-refractivity contribution in [3.05, 3.63) is 46.3 Å². The summed E-state index contributed by atoms with van der Waals surface area (Å²) in [6.07, 6.45) is 5.22. The molecule has 0 heterocycles. The van der Waals surface area contributed by atoms with E-state index in [0.29, 0.717) is 0 Å². The minimum absolute atomic E-state index is 0.647. The van der Waals surface area contributed by atoms with Crippen molar-refractivity contribution < 1.29 is 31.5 Å². The van der Waals surface area contributed by atoms with Gasteiger partial charge >= 0.3 is 5.97 Å². The lowest BCUT2D eigenvalue weighted by molar-refractivity contribution is -0.147. The van der Waals surface area contributed by atoms with E-state index < -0.39 is 76.5 Å². The van der Waals surface area contributed by atoms with Gasteiger partial charge in [-0.3, -0.25) is 4.79 Å². The number of carbonyl (C=O) groups is 1. The Hall–Kier alpha value is -2.87. The second-order valence-corrected chi connectivity index (χ2v) is 6.65. The molecule has 1 aromatic rings. The predicted molar refractivity (Wildman–Crippen MR) is 84.2 cm³/mol. The van der Waals surface area contributed by atoms with Gasteiger partial charge in [0.1, 0.15) is 12.7 Å². The van der Waals surface area contributed by atoms with Crippen LogP contribution in [0.1, 0.15) is 25.0 Å². The van der Waals surface area contributed by atoms with Gasteiger partial charge in [-0.25, -0.2) is 17.6 Å². The summed E-state index contributed by atoms with van der Waals surface area (Å²) in [5.41, 5.74) is -2.76. The minimum Gasteiger partial charge on any atom is -0.460 e. The summed E-state index contributed by atoms with van der Waals surface area (Å²) in [7, 11) is 0. The molecule has 0 radical (unpaired) electrons. The van der Waals surface area contributed by atoms with Crippen molar-refractivity contribution in [3.63, 3.8) is 0 Å². The monoisotopic (exact) mass is 383 g/mol. The number of benzene rings is 1. The van der Waals surface area contributed by atoms with Crippen LogP contribution in [0, 0.1) is 64.2 Å². The second kappa shape index (κ2) is 7.40. The van der Waals surface area contributed by atoms with Gasteiger partial charge in [-0.1, -0.05) is 13.8 Å². The summed E-state index contributed by atoms with van der Waals surface area (Å²) in [6.45, 7) is 2.17. The van der Waals surface area contributed by atoms with E-state index in [-0.39, 0.29) is 0 Å². The first-order valence-electron chi connectivity index (χ1n) is 7.79. The summed E-state index contributed by atoms with van der Waals surface area (Å²) in [5, 5.41) is 8.46. The summed E-state index contributed by atoms with van der Waals surface area (Å²) < 4.78 is 73.6. The molecule has 0 amide bonds. The van der Waals surface area contributed by atoms with Gasteiger partial charge in [0.15, 0.2) is 29.1 Å². The number of terminal acetylenes is 1. The topological polar surface area (TPSA) is 50.1 Å². The third-order valence-corrected chi connectivity index (χ3v) is 4.68. The van der Waals surface area contributed by atoms with Crippen LogP contribution in [-0.4, -0.2) is 5.97 Å². The summed E-state index contributed by atoms with van der Waals surface area (Å²) >= 11 is 0. The maximum Gasteiger partial charge on any atom is 0.310 e. The van der Waals surface area contributed by atoms with Gasteiger partial charge in [0.2, 0.25) is 0 Å². The number of carbonyl (C=O) groups excluding carboxylic acids is 1. The van der Waals surface area contributed by atoms with Crippen molar-refractivity contribution >= 4 is 5.97 Å². The van der Waals surface area contributed by atoms with Crippen LogP contribution in [0.5, 0.6) is 0 Å². The third-order valence-electron chi connectivity index (χ3n) is 4.68. The molecule has 0 unspecified atom stereocenters. The molecular formula is C19H14F5NO2. The standard InChI is InChI=1S/C19H14F5NO2/c1-4-5-10-14(21)16(23)11(17(24)15(10)22)8-27-18(26)13-12(19(13,2)3)6-9(20)7-25/h1,6,12-13H,5,8H2,2-3H3/b9-6+/t12-,13-/m0/s1. The van der Waals surface area contributed by atoms with E-state index in [1.807, 2.05) is 5.92 Å². The zero-order chi connectivity index (χ0) is 20.5. The van der Waals surface area contributed by atoms with E-state index in [9.17, 15) is 26.7 Å². The molecule has 1 aliphatic carbocycles. The molecule has 3 nitrogen and oxygen atoms in total. The maximum atomic E-state index is 14.0. The van der Waals surface area contributed by atoms with E-state index in [2.05, 4.69) is 0 Å². The average Bonchev–Trinajstić information content (AvgIpc) is 3.16. The Morgan fingerprint density at radius 1 is 1.19 bits per heavy atom. The molecular weight excluding hydrogens is 369 g/mol. The Morgan fingerprint density at radius 2 is 1.70 bits per heavy atom. The first kappa shape index (κ1) is 20.4. The zero-order valence-electron chi connectivity index (χ0n) is 14.4. The van der Waals surface area contributed by atoms with Crippen molar-refractivity contribution in [2.24, 2.45) is 17.3 Å². The molecule has 1 aromatic carbocycles. The molecule has 0 bridgehead atoms. The molecule has 1 saturated carbocycles. The average molecular weight is 383 g/mol.